The lowest BCUT2D eigenvalue weighted by molar-refractivity contribution is 1.18. The molecule has 11 rings (SSSR count). The highest BCUT2D eigenvalue weighted by Crippen LogP contribution is 2.40. The number of aromatic nitrogens is 3. The van der Waals surface area contributed by atoms with Crippen molar-refractivity contribution in [1.82, 2.24) is 14.1 Å². The van der Waals surface area contributed by atoms with Crippen molar-refractivity contribution >= 4 is 76.2 Å². The van der Waals surface area contributed by atoms with Gasteiger partial charge in [-0.15, -0.1) is 0 Å². The molecular weight excluding hydrogens is 595 g/mol. The largest absolute Gasteiger partial charge is 0.354 e. The van der Waals surface area contributed by atoms with E-state index in [9.17, 15) is 0 Å². The molecule has 3 heterocycles. The SMILES string of the molecule is c1ccc(-n2c3ccccc3c3cc(-c4ccc5[nH]c6cc7c8cc9ccccc9cc8n(-c8ccccc8)c7cc6c5c4)ccc32)cc1. The Morgan fingerprint density at radius 2 is 0.837 bits per heavy atom. The number of nitrogens with zero attached hydrogens (tertiary/aromatic N) is 2. The van der Waals surface area contributed by atoms with Gasteiger partial charge < -0.3 is 14.1 Å². The summed E-state index contributed by atoms with van der Waals surface area (Å²) in [6.07, 6.45) is 0. The summed E-state index contributed by atoms with van der Waals surface area (Å²) in [5, 5.41) is 10.0. The number of hydrogen-bond donors (Lipinski definition) is 1. The lowest BCUT2D eigenvalue weighted by atomic mass is 10.00. The minimum Gasteiger partial charge on any atom is -0.354 e. The van der Waals surface area contributed by atoms with Gasteiger partial charge in [-0.2, -0.15) is 0 Å². The van der Waals surface area contributed by atoms with Gasteiger partial charge in [-0.05, 0) is 101 Å². The fraction of sp³-hybridized carbons (Fsp3) is 0. The molecule has 0 aliphatic heterocycles. The third-order valence-corrected chi connectivity index (χ3v) is 10.4. The Kier molecular flexibility index (Phi) is 5.38. The predicted octanol–water partition coefficient (Wildman–Crippen LogP) is 12.3. The molecule has 0 spiro atoms. The number of fused-ring (bicyclic) bond motifs is 10. The molecule has 0 amide bonds. The molecule has 11 aromatic rings. The number of H-pyrrole nitrogens is 1. The summed E-state index contributed by atoms with van der Waals surface area (Å²) in [6, 6.07) is 62.0. The summed E-state index contributed by atoms with van der Waals surface area (Å²) in [4.78, 5) is 3.76. The lowest BCUT2D eigenvalue weighted by Crippen LogP contribution is -1.93. The van der Waals surface area contributed by atoms with E-state index < -0.39 is 0 Å². The van der Waals surface area contributed by atoms with Crippen LogP contribution in [0.2, 0.25) is 0 Å². The maximum Gasteiger partial charge on any atom is 0.0548 e. The van der Waals surface area contributed by atoms with Crippen LogP contribution in [0.5, 0.6) is 0 Å². The molecule has 49 heavy (non-hydrogen) atoms. The van der Waals surface area contributed by atoms with Gasteiger partial charge in [-0.3, -0.25) is 0 Å². The molecule has 0 atom stereocenters. The molecule has 0 aliphatic rings. The van der Waals surface area contributed by atoms with E-state index in [1.54, 1.807) is 0 Å². The van der Waals surface area contributed by atoms with Crippen LogP contribution in [0, 0.1) is 0 Å². The zero-order valence-electron chi connectivity index (χ0n) is 26.6. The Morgan fingerprint density at radius 3 is 1.61 bits per heavy atom. The van der Waals surface area contributed by atoms with E-state index in [2.05, 4.69) is 184 Å². The summed E-state index contributed by atoms with van der Waals surface area (Å²) in [5.74, 6) is 0. The predicted molar refractivity (Wildman–Crippen MR) is 207 cm³/mol. The molecule has 3 aromatic heterocycles. The monoisotopic (exact) mass is 623 g/mol. The van der Waals surface area contributed by atoms with E-state index in [1.807, 2.05) is 0 Å². The van der Waals surface area contributed by atoms with Gasteiger partial charge in [0.25, 0.3) is 0 Å². The first-order valence-electron chi connectivity index (χ1n) is 16.9. The third-order valence-electron chi connectivity index (χ3n) is 10.4. The van der Waals surface area contributed by atoms with Gasteiger partial charge in [-0.25, -0.2) is 0 Å². The molecule has 0 fully saturated rings. The van der Waals surface area contributed by atoms with Crippen LogP contribution in [0.3, 0.4) is 0 Å². The van der Waals surface area contributed by atoms with Crippen molar-refractivity contribution in [1.29, 1.82) is 0 Å². The first-order valence-corrected chi connectivity index (χ1v) is 16.9. The minimum atomic E-state index is 1.15. The number of aromatic amines is 1. The van der Waals surface area contributed by atoms with Crippen molar-refractivity contribution < 1.29 is 0 Å². The van der Waals surface area contributed by atoms with Gasteiger partial charge in [0, 0.05) is 54.7 Å². The summed E-state index contributed by atoms with van der Waals surface area (Å²) < 4.78 is 4.80. The first-order chi connectivity index (χ1) is 24.3. The minimum absolute atomic E-state index is 1.15. The quantitative estimate of drug-likeness (QED) is 0.203. The van der Waals surface area contributed by atoms with E-state index in [4.69, 9.17) is 0 Å². The fourth-order valence-corrected chi connectivity index (χ4v) is 8.14. The molecule has 8 aromatic carbocycles. The van der Waals surface area contributed by atoms with Gasteiger partial charge in [-0.1, -0.05) is 91.0 Å². The Morgan fingerprint density at radius 1 is 0.306 bits per heavy atom. The number of nitrogens with one attached hydrogen (secondary N) is 1. The van der Waals surface area contributed by atoms with E-state index in [1.165, 1.54) is 87.7 Å². The Bertz CT molecular complexity index is 3090. The maximum atomic E-state index is 3.76. The number of para-hydroxylation sites is 3. The zero-order valence-corrected chi connectivity index (χ0v) is 26.6. The molecular formula is C46H29N3. The fourth-order valence-electron chi connectivity index (χ4n) is 8.14. The average Bonchev–Trinajstić information content (AvgIpc) is 3.80. The summed E-state index contributed by atoms with van der Waals surface area (Å²) >= 11 is 0. The smallest absolute Gasteiger partial charge is 0.0548 e. The second-order valence-corrected chi connectivity index (χ2v) is 13.1. The number of benzene rings is 8. The van der Waals surface area contributed by atoms with E-state index in [0.717, 1.165) is 11.0 Å². The standard InChI is InChI=1S/C46H29N3/c1-3-13-33(14-4-1)48-43-18-10-9-17-35(43)38-25-32(20-22-44(38)48)31-19-21-41-36(23-31)37-28-46-40(27-42(37)47-41)39-24-29-11-7-8-12-30(29)26-45(39)49(46)34-15-5-2-6-16-34/h1-28,47H. The maximum absolute atomic E-state index is 3.76. The van der Waals surface area contributed by atoms with Crippen molar-refractivity contribution in [3.05, 3.63) is 170 Å². The van der Waals surface area contributed by atoms with Crippen molar-refractivity contribution in [2.75, 3.05) is 0 Å². The van der Waals surface area contributed by atoms with Crippen molar-refractivity contribution in [3.8, 4) is 22.5 Å². The van der Waals surface area contributed by atoms with E-state index >= 15 is 0 Å². The highest BCUT2D eigenvalue weighted by Gasteiger charge is 2.18. The van der Waals surface area contributed by atoms with Crippen LogP contribution in [-0.4, -0.2) is 14.1 Å². The number of rotatable bonds is 3. The van der Waals surface area contributed by atoms with Gasteiger partial charge >= 0.3 is 0 Å². The molecule has 228 valence electrons. The third kappa shape index (κ3) is 3.84. The van der Waals surface area contributed by atoms with Gasteiger partial charge in [0.05, 0.1) is 22.1 Å². The lowest BCUT2D eigenvalue weighted by Gasteiger charge is -2.09. The van der Waals surface area contributed by atoms with Crippen molar-refractivity contribution in [2.24, 2.45) is 0 Å². The zero-order chi connectivity index (χ0) is 32.1. The van der Waals surface area contributed by atoms with Crippen LogP contribution in [0.4, 0.5) is 0 Å². The van der Waals surface area contributed by atoms with Crippen molar-refractivity contribution in [3.63, 3.8) is 0 Å². The summed E-state index contributed by atoms with van der Waals surface area (Å²) in [5.41, 5.74) is 11.9. The Hall–Kier alpha value is -6.58. The van der Waals surface area contributed by atoms with Crippen molar-refractivity contribution in [2.45, 2.75) is 0 Å². The molecule has 0 bridgehead atoms. The van der Waals surface area contributed by atoms with Crippen LogP contribution in [0.15, 0.2) is 170 Å². The molecule has 0 saturated heterocycles. The Labute approximate surface area is 281 Å². The number of hydrogen-bond acceptors (Lipinski definition) is 0. The topological polar surface area (TPSA) is 25.6 Å². The molecule has 0 saturated carbocycles. The Balaban J connectivity index is 1.14. The summed E-state index contributed by atoms with van der Waals surface area (Å²) in [7, 11) is 0. The second-order valence-electron chi connectivity index (χ2n) is 13.1. The van der Waals surface area contributed by atoms with Gasteiger partial charge in [0.15, 0.2) is 0 Å². The molecule has 1 N–H and O–H groups in total. The normalized spacial score (nSPS) is 12.1. The van der Waals surface area contributed by atoms with Crippen LogP contribution in [0.25, 0.3) is 98.7 Å². The molecule has 0 unspecified atom stereocenters. The molecule has 3 heteroatoms. The highest BCUT2D eigenvalue weighted by atomic mass is 15.0. The van der Waals surface area contributed by atoms with E-state index in [0.29, 0.717) is 0 Å². The highest BCUT2D eigenvalue weighted by molar-refractivity contribution is 6.20. The second kappa shape index (κ2) is 9.96. The van der Waals surface area contributed by atoms with Crippen LogP contribution in [-0.2, 0) is 0 Å². The molecule has 0 radical (unpaired) electrons. The van der Waals surface area contributed by atoms with E-state index in [-0.39, 0.29) is 0 Å². The summed E-state index contributed by atoms with van der Waals surface area (Å²) in [6.45, 7) is 0. The van der Waals surface area contributed by atoms with Gasteiger partial charge in [0.1, 0.15) is 0 Å². The first kappa shape index (κ1) is 26.5. The average molecular weight is 624 g/mol. The molecule has 0 aliphatic carbocycles. The van der Waals surface area contributed by atoms with Crippen LogP contribution >= 0.6 is 0 Å². The van der Waals surface area contributed by atoms with Gasteiger partial charge in [0.2, 0.25) is 0 Å². The molecule has 3 nitrogen and oxygen atoms in total. The van der Waals surface area contributed by atoms with Crippen LogP contribution in [0.1, 0.15) is 0 Å². The van der Waals surface area contributed by atoms with Crippen LogP contribution < -0.4 is 0 Å².